The van der Waals surface area contributed by atoms with Gasteiger partial charge in [-0.3, -0.25) is 9.59 Å². The predicted molar refractivity (Wildman–Crippen MR) is 112 cm³/mol. The minimum absolute atomic E-state index is 0.0499. The lowest BCUT2D eigenvalue weighted by Gasteiger charge is -2.23. The van der Waals surface area contributed by atoms with E-state index in [1.807, 2.05) is 0 Å². The molecule has 0 saturated carbocycles. The third-order valence-electron chi connectivity index (χ3n) is 4.89. The number of ketones is 2. The Labute approximate surface area is 172 Å². The second-order valence-electron chi connectivity index (χ2n) is 6.58. The van der Waals surface area contributed by atoms with Crippen LogP contribution in [0.25, 0.3) is 0 Å². The van der Waals surface area contributed by atoms with E-state index in [-0.39, 0.29) is 22.6 Å². The highest BCUT2D eigenvalue weighted by molar-refractivity contribution is 6.48. The molecule has 2 N–H and O–H groups in total. The Hall–Kier alpha value is -4.32. The van der Waals surface area contributed by atoms with E-state index in [0.29, 0.717) is 22.3 Å². The Morgan fingerprint density at radius 3 is 1.20 bits per heavy atom. The van der Waals surface area contributed by atoms with Gasteiger partial charge in [0.05, 0.1) is 11.1 Å². The van der Waals surface area contributed by atoms with Crippen LogP contribution in [-0.4, -0.2) is 33.4 Å². The summed E-state index contributed by atoms with van der Waals surface area (Å²) in [4.78, 5) is 26.9. The molecule has 0 aromatic heterocycles. The highest BCUT2D eigenvalue weighted by atomic mass is 16.4. The second-order valence-corrected chi connectivity index (χ2v) is 6.58. The summed E-state index contributed by atoms with van der Waals surface area (Å²) in [5.74, 6) is -1.03. The van der Waals surface area contributed by atoms with Crippen LogP contribution in [0.1, 0.15) is 31.8 Å². The zero-order valence-corrected chi connectivity index (χ0v) is 15.7. The van der Waals surface area contributed by atoms with Gasteiger partial charge in [0.2, 0.25) is 0 Å². The van der Waals surface area contributed by atoms with E-state index in [1.165, 1.54) is 0 Å². The third-order valence-corrected chi connectivity index (χ3v) is 4.89. The number of carbonyl (C=O) groups excluding carboxylic acids is 2. The Balaban J connectivity index is 2.05. The molecule has 0 heterocycles. The number of Topliss-reactive ketones (excluding diaryl/α,β-unsaturated/α-hetero) is 2. The van der Waals surface area contributed by atoms with E-state index in [2.05, 4.69) is 10.3 Å². The maximum Gasteiger partial charge on any atom is 0.196 e. The fourth-order valence-electron chi connectivity index (χ4n) is 3.52. The van der Waals surface area contributed by atoms with Crippen LogP contribution < -0.4 is 0 Å². The molecule has 30 heavy (non-hydrogen) atoms. The smallest absolute Gasteiger partial charge is 0.196 e. The number of fused-ring (bicyclic) bond motifs is 1. The summed E-state index contributed by atoms with van der Waals surface area (Å²) in [6, 6.07) is 23.4. The van der Waals surface area contributed by atoms with Gasteiger partial charge in [-0.2, -0.15) is 0 Å². The highest BCUT2D eigenvalue weighted by Crippen LogP contribution is 2.31. The van der Waals surface area contributed by atoms with Crippen molar-refractivity contribution in [3.05, 3.63) is 118 Å². The molecule has 0 aliphatic heterocycles. The van der Waals surface area contributed by atoms with Crippen molar-refractivity contribution in [1.29, 1.82) is 0 Å². The molecule has 0 fully saturated rings. The van der Waals surface area contributed by atoms with Gasteiger partial charge in [-0.25, -0.2) is 0 Å². The Kier molecular flexibility index (Phi) is 5.05. The molecule has 3 aromatic rings. The molecule has 0 amide bonds. The Morgan fingerprint density at radius 2 is 0.867 bits per heavy atom. The Bertz CT molecular complexity index is 1130. The molecule has 1 aliphatic carbocycles. The van der Waals surface area contributed by atoms with E-state index in [4.69, 9.17) is 0 Å². The molecule has 6 heteroatoms. The predicted octanol–water partition coefficient (Wildman–Crippen LogP) is 4.12. The summed E-state index contributed by atoms with van der Waals surface area (Å²) in [5.41, 5.74) is 1.05. The van der Waals surface area contributed by atoms with Gasteiger partial charge in [-0.15, -0.1) is 0 Å². The SMILES string of the molecule is O=C(C1=C(C(=O)c2ccccc2)C(=NO)c2ccccc2C1=NO)c1ccccc1. The second kappa shape index (κ2) is 7.97. The van der Waals surface area contributed by atoms with E-state index < -0.39 is 11.6 Å². The van der Waals surface area contributed by atoms with E-state index in [1.54, 1.807) is 84.9 Å². The fourth-order valence-corrected chi connectivity index (χ4v) is 3.52. The zero-order valence-electron chi connectivity index (χ0n) is 15.7. The number of allylic oxidation sites excluding steroid dienone is 2. The quantitative estimate of drug-likeness (QED) is 0.394. The van der Waals surface area contributed by atoms with Gasteiger partial charge in [0.25, 0.3) is 0 Å². The molecule has 4 rings (SSSR count). The molecule has 3 aromatic carbocycles. The maximum atomic E-state index is 13.4. The van der Waals surface area contributed by atoms with Crippen molar-refractivity contribution in [2.24, 2.45) is 10.3 Å². The average molecular weight is 396 g/mol. The number of oxime groups is 2. The van der Waals surface area contributed by atoms with Gasteiger partial charge in [0.15, 0.2) is 11.6 Å². The van der Waals surface area contributed by atoms with Gasteiger partial charge < -0.3 is 10.4 Å². The first-order chi connectivity index (χ1) is 14.7. The first kappa shape index (κ1) is 19.0. The van der Waals surface area contributed by atoms with Crippen molar-refractivity contribution in [3.63, 3.8) is 0 Å². The van der Waals surface area contributed by atoms with E-state index >= 15 is 0 Å². The van der Waals surface area contributed by atoms with Crippen LogP contribution in [0.4, 0.5) is 0 Å². The molecule has 0 saturated heterocycles. The van der Waals surface area contributed by atoms with Crippen molar-refractivity contribution >= 4 is 23.0 Å². The van der Waals surface area contributed by atoms with Gasteiger partial charge in [0, 0.05) is 22.3 Å². The van der Waals surface area contributed by atoms with Crippen molar-refractivity contribution in [2.75, 3.05) is 0 Å². The summed E-state index contributed by atoms with van der Waals surface area (Å²) in [6.07, 6.45) is 0. The molecule has 0 bridgehead atoms. The summed E-state index contributed by atoms with van der Waals surface area (Å²) < 4.78 is 0. The number of carbonyl (C=O) groups is 2. The number of benzene rings is 3. The lowest BCUT2D eigenvalue weighted by atomic mass is 9.77. The van der Waals surface area contributed by atoms with Crippen LogP contribution in [0.3, 0.4) is 0 Å². The van der Waals surface area contributed by atoms with Crippen LogP contribution in [0, 0.1) is 0 Å². The van der Waals surface area contributed by atoms with Crippen LogP contribution >= 0.6 is 0 Å². The summed E-state index contributed by atoms with van der Waals surface area (Å²) in [5, 5.41) is 26.4. The molecule has 6 nitrogen and oxygen atoms in total. The lowest BCUT2D eigenvalue weighted by Crippen LogP contribution is -2.31. The highest BCUT2D eigenvalue weighted by Gasteiger charge is 2.37. The minimum atomic E-state index is -0.515. The van der Waals surface area contributed by atoms with Crippen molar-refractivity contribution < 1.29 is 20.0 Å². The van der Waals surface area contributed by atoms with Gasteiger partial charge >= 0.3 is 0 Å². The van der Waals surface area contributed by atoms with Crippen LogP contribution in [-0.2, 0) is 0 Å². The van der Waals surface area contributed by atoms with Crippen LogP contribution in [0.2, 0.25) is 0 Å². The standard InChI is InChI=1S/C24H16N2O4/c27-23(15-9-3-1-4-10-15)19-20(24(28)16-11-5-2-6-12-16)22(26-30)18-14-8-7-13-17(18)21(19)25-29/h1-14,29-30H. The van der Waals surface area contributed by atoms with Crippen molar-refractivity contribution in [2.45, 2.75) is 0 Å². The van der Waals surface area contributed by atoms with Crippen molar-refractivity contribution in [1.82, 2.24) is 0 Å². The number of nitrogens with zero attached hydrogens (tertiary/aromatic N) is 2. The average Bonchev–Trinajstić information content (AvgIpc) is 2.82. The maximum absolute atomic E-state index is 13.4. The van der Waals surface area contributed by atoms with Crippen LogP contribution in [0.15, 0.2) is 106 Å². The van der Waals surface area contributed by atoms with Gasteiger partial charge in [-0.1, -0.05) is 95.2 Å². The van der Waals surface area contributed by atoms with E-state index in [9.17, 15) is 20.0 Å². The van der Waals surface area contributed by atoms with Crippen LogP contribution in [0.5, 0.6) is 0 Å². The normalized spacial score (nSPS) is 15.9. The molecular formula is C24H16N2O4. The Morgan fingerprint density at radius 1 is 0.533 bits per heavy atom. The molecule has 1 aliphatic rings. The first-order valence-electron chi connectivity index (χ1n) is 9.15. The molecular weight excluding hydrogens is 380 g/mol. The molecule has 0 radical (unpaired) electrons. The van der Waals surface area contributed by atoms with Gasteiger partial charge in [0.1, 0.15) is 11.4 Å². The topological polar surface area (TPSA) is 99.3 Å². The fraction of sp³-hybridized carbons (Fsp3) is 0. The van der Waals surface area contributed by atoms with Crippen molar-refractivity contribution in [3.8, 4) is 0 Å². The zero-order chi connectivity index (χ0) is 21.1. The monoisotopic (exact) mass is 396 g/mol. The summed E-state index contributed by atoms with van der Waals surface area (Å²) >= 11 is 0. The number of hydrogen-bond donors (Lipinski definition) is 2. The number of rotatable bonds is 4. The lowest BCUT2D eigenvalue weighted by molar-refractivity contribution is 0.101. The molecule has 0 atom stereocenters. The first-order valence-corrected chi connectivity index (χ1v) is 9.15. The number of hydrogen-bond acceptors (Lipinski definition) is 6. The largest absolute Gasteiger partial charge is 0.410 e. The summed E-state index contributed by atoms with van der Waals surface area (Å²) in [7, 11) is 0. The van der Waals surface area contributed by atoms with E-state index in [0.717, 1.165) is 0 Å². The van der Waals surface area contributed by atoms with Gasteiger partial charge in [-0.05, 0) is 0 Å². The molecule has 0 spiro atoms. The molecule has 0 unspecified atom stereocenters. The minimum Gasteiger partial charge on any atom is -0.410 e. The third kappa shape index (κ3) is 3.10. The summed E-state index contributed by atoms with van der Waals surface area (Å²) in [6.45, 7) is 0. The molecule has 146 valence electrons.